The third-order valence-corrected chi connectivity index (χ3v) is 2.06. The average Bonchev–Trinajstić information content (AvgIpc) is 2.95. The molecule has 2 rings (SSSR count). The zero-order chi connectivity index (χ0) is 11.2. The number of aromatic nitrogens is 3. The Morgan fingerprint density at radius 3 is 3.12 bits per heavy atom. The first-order valence-electron chi connectivity index (χ1n) is 4.92. The molecule has 6 nitrogen and oxygen atoms in total. The maximum atomic E-state index is 8.56. The predicted octanol–water partition coefficient (Wildman–Crippen LogP) is 0.533. The van der Waals surface area contributed by atoms with E-state index in [1.165, 1.54) is 0 Å². The molecule has 0 saturated carbocycles. The molecular formula is C10H11N5O. The second-order valence-corrected chi connectivity index (χ2v) is 3.22. The van der Waals surface area contributed by atoms with Gasteiger partial charge in [0, 0.05) is 12.7 Å². The molecule has 1 N–H and O–H groups in total. The highest BCUT2D eigenvalue weighted by Crippen LogP contribution is 2.05. The number of hydrogen-bond acceptors (Lipinski definition) is 5. The molecule has 2 aromatic rings. The van der Waals surface area contributed by atoms with Gasteiger partial charge in [0.15, 0.2) is 0 Å². The molecule has 0 amide bonds. The maximum absolute atomic E-state index is 8.56. The molecule has 2 aromatic heterocycles. The number of nitriles is 1. The van der Waals surface area contributed by atoms with Gasteiger partial charge in [-0.05, 0) is 12.1 Å². The average molecular weight is 217 g/mol. The second kappa shape index (κ2) is 5.09. The summed E-state index contributed by atoms with van der Waals surface area (Å²) in [5.41, 5.74) is 0. The summed E-state index contributed by atoms with van der Waals surface area (Å²) in [6, 6.07) is 5.40. The number of furan rings is 1. The quantitative estimate of drug-likeness (QED) is 0.739. The number of rotatable bonds is 5. The van der Waals surface area contributed by atoms with E-state index in [0.717, 1.165) is 18.8 Å². The summed E-state index contributed by atoms with van der Waals surface area (Å²) >= 11 is 0. The van der Waals surface area contributed by atoms with E-state index in [4.69, 9.17) is 9.68 Å². The Bertz CT molecular complexity index is 468. The van der Waals surface area contributed by atoms with E-state index in [2.05, 4.69) is 15.6 Å². The zero-order valence-electron chi connectivity index (χ0n) is 8.63. The summed E-state index contributed by atoms with van der Waals surface area (Å²) in [6.45, 7) is 2.13. The molecule has 0 saturated heterocycles. The van der Waals surface area contributed by atoms with E-state index >= 15 is 0 Å². The largest absolute Gasteiger partial charge is 0.449 e. The van der Waals surface area contributed by atoms with Crippen LogP contribution in [-0.2, 0) is 13.1 Å². The highest BCUT2D eigenvalue weighted by Gasteiger charge is 2.00. The lowest BCUT2D eigenvalue weighted by Gasteiger charge is -2.01. The van der Waals surface area contributed by atoms with Crippen molar-refractivity contribution >= 4 is 0 Å². The predicted molar refractivity (Wildman–Crippen MR) is 55.2 cm³/mol. The van der Waals surface area contributed by atoms with Crippen LogP contribution in [0.1, 0.15) is 11.5 Å². The minimum Gasteiger partial charge on any atom is -0.449 e. The fourth-order valence-electron chi connectivity index (χ4n) is 1.29. The van der Waals surface area contributed by atoms with Gasteiger partial charge in [0.1, 0.15) is 11.8 Å². The molecular weight excluding hydrogens is 206 g/mol. The van der Waals surface area contributed by atoms with Crippen molar-refractivity contribution in [3.8, 4) is 6.07 Å². The van der Waals surface area contributed by atoms with Crippen molar-refractivity contribution in [1.29, 1.82) is 5.26 Å². The van der Waals surface area contributed by atoms with Crippen LogP contribution in [0.25, 0.3) is 0 Å². The van der Waals surface area contributed by atoms with Crippen molar-refractivity contribution in [1.82, 2.24) is 20.3 Å². The van der Waals surface area contributed by atoms with Gasteiger partial charge in [0.25, 0.3) is 0 Å². The summed E-state index contributed by atoms with van der Waals surface area (Å²) in [7, 11) is 0. The standard InChI is InChI=1S/C10H11N5O/c11-7-9-1-2-10(16-9)8-12-3-5-15-6-4-13-14-15/h1-2,4,6,12H,3,5,8H2. The van der Waals surface area contributed by atoms with Gasteiger partial charge in [-0.25, -0.2) is 0 Å². The van der Waals surface area contributed by atoms with Gasteiger partial charge in [-0.1, -0.05) is 5.21 Å². The fourth-order valence-corrected chi connectivity index (χ4v) is 1.29. The van der Waals surface area contributed by atoms with Crippen molar-refractivity contribution in [2.75, 3.05) is 6.54 Å². The monoisotopic (exact) mass is 217 g/mol. The van der Waals surface area contributed by atoms with Crippen LogP contribution in [0.4, 0.5) is 0 Å². The third kappa shape index (κ3) is 2.68. The zero-order valence-corrected chi connectivity index (χ0v) is 8.63. The Morgan fingerprint density at radius 1 is 1.50 bits per heavy atom. The molecule has 0 aliphatic carbocycles. The molecule has 2 heterocycles. The van der Waals surface area contributed by atoms with Crippen LogP contribution >= 0.6 is 0 Å². The lowest BCUT2D eigenvalue weighted by Crippen LogP contribution is -2.19. The summed E-state index contributed by atoms with van der Waals surface area (Å²) in [5, 5.41) is 19.3. The molecule has 0 bridgehead atoms. The van der Waals surface area contributed by atoms with Crippen LogP contribution in [0, 0.1) is 11.3 Å². The van der Waals surface area contributed by atoms with Gasteiger partial charge >= 0.3 is 0 Å². The smallest absolute Gasteiger partial charge is 0.203 e. The fraction of sp³-hybridized carbons (Fsp3) is 0.300. The first kappa shape index (κ1) is 10.4. The Kier molecular flexibility index (Phi) is 3.31. The molecule has 0 aromatic carbocycles. The first-order valence-corrected chi connectivity index (χ1v) is 4.92. The van der Waals surface area contributed by atoms with Crippen LogP contribution in [0.2, 0.25) is 0 Å². The highest BCUT2D eigenvalue weighted by molar-refractivity contribution is 5.18. The van der Waals surface area contributed by atoms with E-state index in [1.807, 2.05) is 12.3 Å². The summed E-state index contributed by atoms with van der Waals surface area (Å²) in [5.74, 6) is 1.10. The Morgan fingerprint density at radius 2 is 2.44 bits per heavy atom. The van der Waals surface area contributed by atoms with E-state index in [9.17, 15) is 0 Å². The van der Waals surface area contributed by atoms with Crippen molar-refractivity contribution in [3.05, 3.63) is 36.0 Å². The highest BCUT2D eigenvalue weighted by atomic mass is 16.3. The lowest BCUT2D eigenvalue weighted by molar-refractivity contribution is 0.461. The molecule has 0 radical (unpaired) electrons. The molecule has 0 fully saturated rings. The molecule has 0 spiro atoms. The summed E-state index contributed by atoms with van der Waals surface area (Å²) in [6.07, 6.45) is 3.45. The SMILES string of the molecule is N#Cc1ccc(CNCCn2ccnn2)o1. The molecule has 0 unspecified atom stereocenters. The molecule has 16 heavy (non-hydrogen) atoms. The topological polar surface area (TPSA) is 79.7 Å². The molecule has 6 heteroatoms. The van der Waals surface area contributed by atoms with Gasteiger partial charge in [-0.2, -0.15) is 5.26 Å². The van der Waals surface area contributed by atoms with E-state index < -0.39 is 0 Å². The molecule has 0 aliphatic heterocycles. The van der Waals surface area contributed by atoms with E-state index in [1.54, 1.807) is 23.0 Å². The lowest BCUT2D eigenvalue weighted by atomic mass is 10.4. The molecule has 0 atom stereocenters. The minimum absolute atomic E-state index is 0.341. The first-order chi connectivity index (χ1) is 7.88. The van der Waals surface area contributed by atoms with Gasteiger partial charge in [-0.3, -0.25) is 4.68 Å². The van der Waals surface area contributed by atoms with Crippen LogP contribution in [0.3, 0.4) is 0 Å². The van der Waals surface area contributed by atoms with Crippen LogP contribution in [0.5, 0.6) is 0 Å². The second-order valence-electron chi connectivity index (χ2n) is 3.22. The van der Waals surface area contributed by atoms with Gasteiger partial charge in [-0.15, -0.1) is 5.10 Å². The van der Waals surface area contributed by atoms with Crippen LogP contribution in [-0.4, -0.2) is 21.5 Å². The maximum Gasteiger partial charge on any atom is 0.203 e. The van der Waals surface area contributed by atoms with Gasteiger partial charge in [0.05, 0.1) is 19.3 Å². The normalized spacial score (nSPS) is 10.2. The van der Waals surface area contributed by atoms with Crippen molar-refractivity contribution in [2.45, 2.75) is 13.1 Å². The summed E-state index contributed by atoms with van der Waals surface area (Å²) < 4.78 is 6.96. The van der Waals surface area contributed by atoms with E-state index in [-0.39, 0.29) is 0 Å². The van der Waals surface area contributed by atoms with Crippen LogP contribution < -0.4 is 5.32 Å². The minimum atomic E-state index is 0.341. The van der Waals surface area contributed by atoms with Gasteiger partial charge in [0.2, 0.25) is 5.76 Å². The van der Waals surface area contributed by atoms with Crippen molar-refractivity contribution < 1.29 is 4.42 Å². The number of nitrogens with one attached hydrogen (secondary N) is 1. The number of hydrogen-bond donors (Lipinski definition) is 1. The van der Waals surface area contributed by atoms with Gasteiger partial charge < -0.3 is 9.73 Å². The van der Waals surface area contributed by atoms with E-state index in [0.29, 0.717) is 12.3 Å². The molecule has 82 valence electrons. The Labute approximate surface area is 92.5 Å². The molecule has 0 aliphatic rings. The van der Waals surface area contributed by atoms with Crippen molar-refractivity contribution in [2.24, 2.45) is 0 Å². The Hall–Kier alpha value is -2.13. The number of nitrogens with zero attached hydrogens (tertiary/aromatic N) is 4. The summed E-state index contributed by atoms with van der Waals surface area (Å²) in [4.78, 5) is 0. The third-order valence-electron chi connectivity index (χ3n) is 2.06. The van der Waals surface area contributed by atoms with Crippen LogP contribution in [0.15, 0.2) is 28.9 Å². The Balaban J connectivity index is 1.70. The van der Waals surface area contributed by atoms with Crippen molar-refractivity contribution in [3.63, 3.8) is 0 Å².